The molecule has 22 heavy (non-hydrogen) atoms. The van der Waals surface area contributed by atoms with E-state index in [1.807, 2.05) is 12.1 Å². The Morgan fingerprint density at radius 3 is 1.36 bits per heavy atom. The molecule has 0 aliphatic heterocycles. The van der Waals surface area contributed by atoms with E-state index >= 15 is 0 Å². The van der Waals surface area contributed by atoms with Gasteiger partial charge in [-0.3, -0.25) is 0 Å². The van der Waals surface area contributed by atoms with E-state index < -0.39 is 26.2 Å². The second-order valence-corrected chi connectivity index (χ2v) is 33.8. The molecule has 124 valence electrons. The topological polar surface area (TPSA) is 17.1 Å². The first-order valence-electron chi connectivity index (χ1n) is 7.21. The summed E-state index contributed by atoms with van der Waals surface area (Å²) in [5.41, 5.74) is -3.76. The summed E-state index contributed by atoms with van der Waals surface area (Å²) < 4.78 is -0.0357. The fourth-order valence-corrected chi connectivity index (χ4v) is 51.2. The van der Waals surface area contributed by atoms with Crippen molar-refractivity contribution in [3.05, 3.63) is 60.7 Å². The fraction of sp³-hybridized carbons (Fsp3) is 0.235. The van der Waals surface area contributed by atoms with Crippen LogP contribution in [-0.2, 0) is 15.0 Å². The van der Waals surface area contributed by atoms with Gasteiger partial charge in [0.15, 0.2) is 0 Å². The van der Waals surface area contributed by atoms with Crippen molar-refractivity contribution in [3.63, 3.8) is 0 Å². The Morgan fingerprint density at radius 2 is 1.09 bits per heavy atom. The summed E-state index contributed by atoms with van der Waals surface area (Å²) in [5.74, 6) is 0. The number of halogens is 1. The molecule has 0 aromatic heterocycles. The summed E-state index contributed by atoms with van der Waals surface area (Å²) in [4.78, 5) is 12.5. The van der Waals surface area contributed by atoms with E-state index in [4.69, 9.17) is 11.6 Å². The van der Waals surface area contributed by atoms with Crippen molar-refractivity contribution in [2.24, 2.45) is 0 Å². The van der Waals surface area contributed by atoms with Crippen LogP contribution in [0.4, 0.5) is 4.79 Å². The number of carbonyl (C=O) groups is 1. The van der Waals surface area contributed by atoms with Crippen LogP contribution in [0, 0.1) is 0 Å². The molecular weight excluding hydrogens is 420 g/mol. The van der Waals surface area contributed by atoms with Crippen LogP contribution < -0.4 is 10.6 Å². The molecule has 0 saturated heterocycles. The zero-order chi connectivity index (χ0) is 16.4. The molecule has 0 N–H and O–H groups in total. The standard InChI is InChI=1S/2C8H11P.CClO.Rh/c2*1-9(2)8-6-4-3-5-7-8;2-1-3;/h2*3-7H,1-2H3;;/q;;;-2/p+2. The molecule has 0 saturated carbocycles. The van der Waals surface area contributed by atoms with Crippen LogP contribution in [0.15, 0.2) is 60.7 Å². The molecular formula is C17H24ClOP2Rh. The van der Waals surface area contributed by atoms with Crippen LogP contribution >= 0.6 is 22.8 Å². The van der Waals surface area contributed by atoms with Gasteiger partial charge < -0.3 is 0 Å². The summed E-state index contributed by atoms with van der Waals surface area (Å²) in [5, 5.41) is 2.71. The van der Waals surface area contributed by atoms with E-state index in [-0.39, 0.29) is 3.84 Å². The van der Waals surface area contributed by atoms with Crippen molar-refractivity contribution in [3.8, 4) is 0 Å². The quantitative estimate of drug-likeness (QED) is 0.378. The molecule has 1 nitrogen and oxygen atoms in total. The van der Waals surface area contributed by atoms with Crippen molar-refractivity contribution in [2.45, 2.75) is 0 Å². The van der Waals surface area contributed by atoms with Gasteiger partial charge in [-0.1, -0.05) is 0 Å². The molecule has 0 spiro atoms. The molecule has 0 amide bonds. The van der Waals surface area contributed by atoms with Gasteiger partial charge in [0, 0.05) is 0 Å². The van der Waals surface area contributed by atoms with E-state index in [2.05, 4.69) is 75.2 Å². The van der Waals surface area contributed by atoms with Gasteiger partial charge >= 0.3 is 144 Å². The van der Waals surface area contributed by atoms with Crippen LogP contribution in [0.3, 0.4) is 0 Å². The molecule has 0 radical (unpaired) electrons. The number of hydrogen-bond donors (Lipinski definition) is 0. The van der Waals surface area contributed by atoms with Gasteiger partial charge in [-0.15, -0.1) is 0 Å². The van der Waals surface area contributed by atoms with Crippen molar-refractivity contribution in [1.82, 2.24) is 0 Å². The Morgan fingerprint density at radius 1 is 0.773 bits per heavy atom. The van der Waals surface area contributed by atoms with Crippen LogP contribution in [0.25, 0.3) is 0 Å². The molecule has 0 aliphatic carbocycles. The first-order chi connectivity index (χ1) is 10.3. The second-order valence-electron chi connectivity index (χ2n) is 6.02. The van der Waals surface area contributed by atoms with Crippen LogP contribution in [-0.4, -0.2) is 30.5 Å². The van der Waals surface area contributed by atoms with Gasteiger partial charge in [0.1, 0.15) is 0 Å². The molecule has 0 fully saturated rings. The van der Waals surface area contributed by atoms with Crippen molar-refractivity contribution in [2.75, 3.05) is 26.7 Å². The summed E-state index contributed by atoms with van der Waals surface area (Å²) in [7, 11) is 0. The SMILES string of the molecule is C[PH](C)(c1ccccc1)[Rh]([C](=O)Cl)[PH](C)(C)c1ccccc1. The molecule has 0 unspecified atom stereocenters. The molecule has 0 aliphatic rings. The van der Waals surface area contributed by atoms with Crippen molar-refractivity contribution >= 4 is 37.2 Å². The van der Waals surface area contributed by atoms with Gasteiger partial charge in [-0.05, 0) is 0 Å². The van der Waals surface area contributed by atoms with Crippen molar-refractivity contribution < 1.29 is 19.8 Å². The normalized spacial score (nSPS) is 14.3. The van der Waals surface area contributed by atoms with Gasteiger partial charge in [-0.2, -0.15) is 0 Å². The summed E-state index contributed by atoms with van der Waals surface area (Å²) in [6, 6.07) is 21.1. The minimum atomic E-state index is -1.88. The van der Waals surface area contributed by atoms with E-state index in [0.29, 0.717) is 0 Å². The molecule has 0 atom stereocenters. The van der Waals surface area contributed by atoms with E-state index in [9.17, 15) is 4.79 Å². The maximum absolute atomic E-state index is 12.5. The Balaban J connectivity index is 2.53. The summed E-state index contributed by atoms with van der Waals surface area (Å²) >= 11 is 4.54. The molecule has 2 rings (SSSR count). The van der Waals surface area contributed by atoms with Crippen LogP contribution in [0.2, 0.25) is 0 Å². The monoisotopic (exact) mass is 444 g/mol. The first-order valence-corrected chi connectivity index (χ1v) is 19.0. The zero-order valence-corrected chi connectivity index (χ0v) is 17.8. The predicted octanol–water partition coefficient (Wildman–Crippen LogP) is 4.46. The third kappa shape index (κ3) is 3.68. The number of carbonyl (C=O) groups excluding carboxylic acids is 1. The molecule has 2 aromatic carbocycles. The predicted molar refractivity (Wildman–Crippen MR) is 104 cm³/mol. The third-order valence-electron chi connectivity index (χ3n) is 3.86. The summed E-state index contributed by atoms with van der Waals surface area (Å²) in [6.07, 6.45) is 0. The van der Waals surface area contributed by atoms with E-state index in [0.717, 1.165) is 0 Å². The minimum absolute atomic E-state index is 0.0357. The zero-order valence-electron chi connectivity index (χ0n) is 13.4. The molecule has 5 heteroatoms. The first kappa shape index (κ1) is 18.2. The Hall–Kier alpha value is -0.117. The van der Waals surface area contributed by atoms with Gasteiger partial charge in [0.05, 0.1) is 0 Å². The summed E-state index contributed by atoms with van der Waals surface area (Å²) in [6.45, 7) is 9.31. The Labute approximate surface area is 144 Å². The average molecular weight is 445 g/mol. The van der Waals surface area contributed by atoms with E-state index in [1.165, 1.54) is 10.6 Å². The molecule has 0 bridgehead atoms. The Kier molecular flexibility index (Phi) is 5.96. The number of rotatable bonds is 5. The second kappa shape index (κ2) is 7.19. The maximum atomic E-state index is 12.5. The van der Waals surface area contributed by atoms with Crippen LogP contribution in [0.5, 0.6) is 0 Å². The Bertz CT molecular complexity index is 593. The van der Waals surface area contributed by atoms with Crippen molar-refractivity contribution in [1.29, 1.82) is 0 Å². The van der Waals surface area contributed by atoms with Crippen LogP contribution in [0.1, 0.15) is 0 Å². The van der Waals surface area contributed by atoms with Gasteiger partial charge in [0.25, 0.3) is 0 Å². The van der Waals surface area contributed by atoms with Gasteiger partial charge in [0.2, 0.25) is 0 Å². The number of benzene rings is 2. The van der Waals surface area contributed by atoms with E-state index in [1.54, 1.807) is 0 Å². The third-order valence-corrected chi connectivity index (χ3v) is 43.2. The average Bonchev–Trinajstić information content (AvgIpc) is 2.48. The fourth-order valence-electron chi connectivity index (χ4n) is 2.69. The molecule has 0 heterocycles. The molecule has 2 aromatic rings. The number of hydrogen-bond acceptors (Lipinski definition) is 1. The van der Waals surface area contributed by atoms with Gasteiger partial charge in [-0.25, -0.2) is 0 Å².